The predicted octanol–water partition coefficient (Wildman–Crippen LogP) is 2.37. The molecule has 0 spiro atoms. The average Bonchev–Trinajstić information content (AvgIpc) is 2.98. The lowest BCUT2D eigenvalue weighted by Gasteiger charge is -2.31. The molecule has 4 rings (SSSR count). The fraction of sp³-hybridized carbons (Fsp3) is 0.571. The van der Waals surface area contributed by atoms with Crippen LogP contribution in [-0.2, 0) is 24.3 Å². The third-order valence-corrected chi connectivity index (χ3v) is 6.03. The summed E-state index contributed by atoms with van der Waals surface area (Å²) in [4.78, 5) is 16.3. The predicted molar refractivity (Wildman–Crippen MR) is 104 cm³/mol. The molecule has 1 fully saturated rings. The molecule has 6 nitrogen and oxygen atoms in total. The van der Waals surface area contributed by atoms with E-state index < -0.39 is 0 Å². The van der Waals surface area contributed by atoms with E-state index >= 15 is 0 Å². The Morgan fingerprint density at radius 3 is 2.81 bits per heavy atom. The van der Waals surface area contributed by atoms with E-state index in [1.165, 1.54) is 11.1 Å². The van der Waals surface area contributed by atoms with Crippen LogP contribution in [0, 0.1) is 6.92 Å². The van der Waals surface area contributed by atoms with Crippen LogP contribution in [-0.4, -0.2) is 56.7 Å². The van der Waals surface area contributed by atoms with Crippen LogP contribution in [0.1, 0.15) is 48.5 Å². The van der Waals surface area contributed by atoms with E-state index in [4.69, 9.17) is 0 Å². The summed E-state index contributed by atoms with van der Waals surface area (Å²) in [5.74, 6) is 2.65. The van der Waals surface area contributed by atoms with Crippen LogP contribution in [0.3, 0.4) is 0 Å². The monoisotopic (exact) mass is 367 g/mol. The Hall–Kier alpha value is -2.21. The standard InChI is InChI=1S/C21H29N5O/c1-16-6-3-4-7-18(16)14-24-11-9-20-22-23-21(26(20)13-12-24)19-8-5-10-25(15-19)17(2)27/h3-4,6-7,19H,5,8-15H2,1-2H3. The zero-order chi connectivity index (χ0) is 18.8. The average molecular weight is 367 g/mol. The summed E-state index contributed by atoms with van der Waals surface area (Å²) in [7, 11) is 0. The Bertz CT molecular complexity index is 815. The van der Waals surface area contributed by atoms with Crippen LogP contribution in [0.2, 0.25) is 0 Å². The molecule has 6 heteroatoms. The molecule has 1 aromatic heterocycles. The van der Waals surface area contributed by atoms with Crippen molar-refractivity contribution >= 4 is 5.91 Å². The lowest BCUT2D eigenvalue weighted by Crippen LogP contribution is -2.38. The van der Waals surface area contributed by atoms with Crippen LogP contribution in [0.4, 0.5) is 0 Å². The van der Waals surface area contributed by atoms with Crippen LogP contribution in [0.15, 0.2) is 24.3 Å². The van der Waals surface area contributed by atoms with Crippen molar-refractivity contribution in [2.24, 2.45) is 0 Å². The minimum atomic E-state index is 0.166. The van der Waals surface area contributed by atoms with Crippen molar-refractivity contribution in [2.45, 2.75) is 52.1 Å². The fourth-order valence-corrected chi connectivity index (χ4v) is 4.35. The number of rotatable bonds is 3. The lowest BCUT2D eigenvalue weighted by molar-refractivity contribution is -0.130. The number of hydrogen-bond acceptors (Lipinski definition) is 4. The molecule has 27 heavy (non-hydrogen) atoms. The summed E-state index contributed by atoms with van der Waals surface area (Å²) < 4.78 is 2.33. The highest BCUT2D eigenvalue weighted by molar-refractivity contribution is 5.73. The Labute approximate surface area is 161 Å². The molecule has 3 heterocycles. The van der Waals surface area contributed by atoms with Gasteiger partial charge in [0.1, 0.15) is 11.6 Å². The number of aryl methyl sites for hydroxylation is 1. The second-order valence-electron chi connectivity index (χ2n) is 7.88. The third-order valence-electron chi connectivity index (χ3n) is 6.03. The Balaban J connectivity index is 1.46. The summed E-state index contributed by atoms with van der Waals surface area (Å²) in [6, 6.07) is 8.63. The van der Waals surface area contributed by atoms with Crippen molar-refractivity contribution in [1.82, 2.24) is 24.6 Å². The molecule has 2 aliphatic rings. The van der Waals surface area contributed by atoms with Gasteiger partial charge in [0.25, 0.3) is 0 Å². The second kappa shape index (κ2) is 7.80. The number of amides is 1. The number of likely N-dealkylation sites (tertiary alicyclic amines) is 1. The molecule has 1 amide bonds. The van der Waals surface area contributed by atoms with E-state index in [0.29, 0.717) is 5.92 Å². The molecular weight excluding hydrogens is 338 g/mol. The minimum absolute atomic E-state index is 0.166. The van der Waals surface area contributed by atoms with Crippen LogP contribution in [0.5, 0.6) is 0 Å². The van der Waals surface area contributed by atoms with Crippen LogP contribution in [0.25, 0.3) is 0 Å². The number of carbonyl (C=O) groups is 1. The lowest BCUT2D eigenvalue weighted by atomic mass is 9.97. The molecule has 1 unspecified atom stereocenters. The van der Waals surface area contributed by atoms with Gasteiger partial charge in [0.15, 0.2) is 0 Å². The molecule has 0 saturated carbocycles. The first-order valence-corrected chi connectivity index (χ1v) is 10.1. The van der Waals surface area contributed by atoms with Gasteiger partial charge in [0, 0.05) is 58.5 Å². The number of hydrogen-bond donors (Lipinski definition) is 0. The second-order valence-corrected chi connectivity index (χ2v) is 7.88. The normalized spacial score (nSPS) is 21.0. The van der Waals surface area contributed by atoms with E-state index in [0.717, 1.165) is 70.2 Å². The van der Waals surface area contributed by atoms with E-state index in [1.807, 2.05) is 4.90 Å². The maximum Gasteiger partial charge on any atom is 0.219 e. The fourth-order valence-electron chi connectivity index (χ4n) is 4.35. The van der Waals surface area contributed by atoms with Crippen molar-refractivity contribution in [1.29, 1.82) is 0 Å². The highest BCUT2D eigenvalue weighted by Crippen LogP contribution is 2.27. The van der Waals surface area contributed by atoms with Crippen LogP contribution >= 0.6 is 0 Å². The zero-order valence-corrected chi connectivity index (χ0v) is 16.4. The first-order chi connectivity index (χ1) is 13.1. The molecule has 1 aromatic carbocycles. The SMILES string of the molecule is CC(=O)N1CCCC(c2nnc3n2CCN(Cc2ccccc2C)CC3)C1. The first kappa shape index (κ1) is 18.2. The molecule has 0 radical (unpaired) electrons. The summed E-state index contributed by atoms with van der Waals surface area (Å²) in [6.45, 7) is 9.44. The van der Waals surface area contributed by atoms with Gasteiger partial charge in [-0.2, -0.15) is 0 Å². The van der Waals surface area contributed by atoms with Gasteiger partial charge in [-0.1, -0.05) is 24.3 Å². The van der Waals surface area contributed by atoms with Gasteiger partial charge >= 0.3 is 0 Å². The van der Waals surface area contributed by atoms with Crippen molar-refractivity contribution in [3.8, 4) is 0 Å². The maximum atomic E-state index is 11.8. The number of carbonyl (C=O) groups excluding carboxylic acids is 1. The zero-order valence-electron chi connectivity index (χ0n) is 16.4. The van der Waals surface area contributed by atoms with Crippen molar-refractivity contribution < 1.29 is 4.79 Å². The highest BCUT2D eigenvalue weighted by Gasteiger charge is 2.29. The van der Waals surface area contributed by atoms with E-state index in [2.05, 4.69) is 50.9 Å². The maximum absolute atomic E-state index is 11.8. The van der Waals surface area contributed by atoms with Gasteiger partial charge < -0.3 is 9.47 Å². The Kier molecular flexibility index (Phi) is 5.25. The number of piperidine rings is 1. The quantitative estimate of drug-likeness (QED) is 0.836. The van der Waals surface area contributed by atoms with Gasteiger partial charge in [0.2, 0.25) is 5.91 Å². The van der Waals surface area contributed by atoms with Gasteiger partial charge in [-0.05, 0) is 30.9 Å². The number of aromatic nitrogens is 3. The molecule has 144 valence electrons. The molecular formula is C21H29N5O. The molecule has 1 atom stereocenters. The van der Waals surface area contributed by atoms with Crippen LogP contribution < -0.4 is 0 Å². The molecule has 2 aliphatic heterocycles. The largest absolute Gasteiger partial charge is 0.342 e. The Morgan fingerprint density at radius 2 is 2.00 bits per heavy atom. The van der Waals surface area contributed by atoms with Crippen molar-refractivity contribution in [2.75, 3.05) is 26.2 Å². The minimum Gasteiger partial charge on any atom is -0.342 e. The van der Waals surface area contributed by atoms with Gasteiger partial charge in [-0.25, -0.2) is 0 Å². The smallest absolute Gasteiger partial charge is 0.219 e. The summed E-state index contributed by atoms with van der Waals surface area (Å²) in [6.07, 6.45) is 3.07. The van der Waals surface area contributed by atoms with Crippen molar-refractivity contribution in [3.05, 3.63) is 47.0 Å². The number of benzene rings is 1. The van der Waals surface area contributed by atoms with Gasteiger partial charge in [-0.3, -0.25) is 9.69 Å². The first-order valence-electron chi connectivity index (χ1n) is 10.1. The molecule has 1 saturated heterocycles. The summed E-state index contributed by atoms with van der Waals surface area (Å²) in [5.41, 5.74) is 2.76. The highest BCUT2D eigenvalue weighted by atomic mass is 16.2. The molecule has 0 N–H and O–H groups in total. The number of fused-ring (bicyclic) bond motifs is 1. The van der Waals surface area contributed by atoms with Gasteiger partial charge in [-0.15, -0.1) is 10.2 Å². The molecule has 0 bridgehead atoms. The van der Waals surface area contributed by atoms with E-state index in [1.54, 1.807) is 6.92 Å². The van der Waals surface area contributed by atoms with Crippen molar-refractivity contribution in [3.63, 3.8) is 0 Å². The summed E-state index contributed by atoms with van der Waals surface area (Å²) >= 11 is 0. The Morgan fingerprint density at radius 1 is 1.15 bits per heavy atom. The topological polar surface area (TPSA) is 54.3 Å². The molecule has 2 aromatic rings. The third kappa shape index (κ3) is 3.90. The molecule has 0 aliphatic carbocycles. The number of nitrogens with zero attached hydrogens (tertiary/aromatic N) is 5. The van der Waals surface area contributed by atoms with Gasteiger partial charge in [0.05, 0.1) is 0 Å². The van der Waals surface area contributed by atoms with E-state index in [9.17, 15) is 4.79 Å². The summed E-state index contributed by atoms with van der Waals surface area (Å²) in [5, 5.41) is 9.04. The van der Waals surface area contributed by atoms with E-state index in [-0.39, 0.29) is 5.91 Å².